The van der Waals surface area contributed by atoms with Gasteiger partial charge in [0.05, 0.1) is 17.2 Å². The van der Waals surface area contributed by atoms with Crippen molar-refractivity contribution in [2.24, 2.45) is 0 Å². The molecular weight excluding hydrogens is 446 g/mol. The van der Waals surface area contributed by atoms with E-state index < -0.39 is 16.7 Å². The lowest BCUT2D eigenvalue weighted by atomic mass is 10.1. The van der Waals surface area contributed by atoms with Crippen molar-refractivity contribution >= 4 is 46.6 Å². The number of nitrogens with one attached hydrogen (secondary N) is 1. The van der Waals surface area contributed by atoms with Crippen LogP contribution in [0.15, 0.2) is 70.7 Å². The minimum atomic E-state index is -0.657. The molecule has 1 N–H and O–H groups in total. The summed E-state index contributed by atoms with van der Waals surface area (Å²) in [6.45, 7) is 2.30. The summed E-state index contributed by atoms with van der Waals surface area (Å²) in [6, 6.07) is 15.9. The van der Waals surface area contributed by atoms with Gasteiger partial charge in [-0.15, -0.1) is 0 Å². The molecule has 1 aliphatic rings. The highest BCUT2D eigenvalue weighted by Crippen LogP contribution is 2.29. The normalized spacial score (nSPS) is 15.0. The number of nitrogens with zero attached hydrogens (tertiary/aromatic N) is 2. The molecule has 0 bridgehead atoms. The maximum absolute atomic E-state index is 13.2. The highest BCUT2D eigenvalue weighted by atomic mass is 32.1. The van der Waals surface area contributed by atoms with Gasteiger partial charge in [-0.1, -0.05) is 18.2 Å². The van der Waals surface area contributed by atoms with Gasteiger partial charge >= 0.3 is 0 Å². The SMILES string of the molecule is CCOc1cccc(N2C(=O)/C(=C\c3ccc(-c4cccc([N+](=O)[O-])c4)o3)C(=O)NC2=S)c1. The highest BCUT2D eigenvalue weighted by molar-refractivity contribution is 7.80. The lowest BCUT2D eigenvalue weighted by Crippen LogP contribution is -2.54. The van der Waals surface area contributed by atoms with Gasteiger partial charge in [0, 0.05) is 23.8 Å². The summed E-state index contributed by atoms with van der Waals surface area (Å²) >= 11 is 5.22. The number of anilines is 1. The van der Waals surface area contributed by atoms with Crippen molar-refractivity contribution in [1.82, 2.24) is 5.32 Å². The number of carbonyl (C=O) groups excluding carboxylic acids is 2. The zero-order valence-electron chi connectivity index (χ0n) is 17.3. The third-order valence-electron chi connectivity index (χ3n) is 4.74. The Kier molecular flexibility index (Phi) is 6.01. The topological polar surface area (TPSA) is 115 Å². The average Bonchev–Trinajstić information content (AvgIpc) is 3.26. The van der Waals surface area contributed by atoms with Crippen LogP contribution >= 0.6 is 12.2 Å². The van der Waals surface area contributed by atoms with Gasteiger partial charge in [0.25, 0.3) is 17.5 Å². The number of nitro groups is 1. The van der Waals surface area contributed by atoms with Crippen molar-refractivity contribution in [3.8, 4) is 17.1 Å². The second-order valence-corrected chi connectivity index (χ2v) is 7.28. The molecule has 9 nitrogen and oxygen atoms in total. The van der Waals surface area contributed by atoms with Crippen LogP contribution in [0.25, 0.3) is 17.4 Å². The van der Waals surface area contributed by atoms with Crippen LogP contribution in [0.3, 0.4) is 0 Å². The van der Waals surface area contributed by atoms with Gasteiger partial charge in [-0.3, -0.25) is 29.9 Å². The van der Waals surface area contributed by atoms with Crippen molar-refractivity contribution in [2.75, 3.05) is 11.5 Å². The Labute approximate surface area is 193 Å². The maximum Gasteiger partial charge on any atom is 0.270 e. The molecule has 1 saturated heterocycles. The van der Waals surface area contributed by atoms with Crippen molar-refractivity contribution < 1.29 is 23.7 Å². The molecule has 33 heavy (non-hydrogen) atoms. The molecule has 2 aromatic carbocycles. The molecule has 166 valence electrons. The van der Waals surface area contributed by atoms with Crippen molar-refractivity contribution in [1.29, 1.82) is 0 Å². The second-order valence-electron chi connectivity index (χ2n) is 6.90. The molecule has 0 spiro atoms. The Morgan fingerprint density at radius 1 is 1.15 bits per heavy atom. The number of hydrogen-bond donors (Lipinski definition) is 1. The van der Waals surface area contributed by atoms with E-state index in [9.17, 15) is 19.7 Å². The number of benzene rings is 2. The number of furan rings is 1. The summed E-state index contributed by atoms with van der Waals surface area (Å²) in [7, 11) is 0. The Hall–Kier alpha value is -4.31. The van der Waals surface area contributed by atoms with Gasteiger partial charge in [-0.05, 0) is 49.5 Å². The summed E-state index contributed by atoms with van der Waals surface area (Å²) in [6.07, 6.45) is 1.31. The molecule has 3 aromatic rings. The number of thiocarbonyl (C=S) groups is 1. The molecule has 0 radical (unpaired) electrons. The van der Waals surface area contributed by atoms with Crippen molar-refractivity contribution in [2.45, 2.75) is 6.92 Å². The minimum absolute atomic E-state index is 0.0486. The molecule has 1 aliphatic heterocycles. The lowest BCUT2D eigenvalue weighted by Gasteiger charge is -2.29. The molecule has 0 aliphatic carbocycles. The predicted octanol–water partition coefficient (Wildman–Crippen LogP) is 4.08. The zero-order chi connectivity index (χ0) is 23.5. The molecule has 0 unspecified atom stereocenters. The summed E-state index contributed by atoms with van der Waals surface area (Å²) in [4.78, 5) is 37.4. The van der Waals surface area contributed by atoms with Crippen LogP contribution in [0.5, 0.6) is 5.75 Å². The van der Waals surface area contributed by atoms with Crippen LogP contribution in [-0.4, -0.2) is 28.5 Å². The van der Waals surface area contributed by atoms with Crippen LogP contribution in [0.4, 0.5) is 11.4 Å². The Balaban J connectivity index is 1.65. The molecule has 1 aromatic heterocycles. The molecular formula is C23H17N3O6S. The third-order valence-corrected chi connectivity index (χ3v) is 5.03. The average molecular weight is 463 g/mol. The largest absolute Gasteiger partial charge is 0.494 e. The van der Waals surface area contributed by atoms with Gasteiger partial charge in [0.2, 0.25) is 0 Å². The fraction of sp³-hybridized carbons (Fsp3) is 0.0870. The minimum Gasteiger partial charge on any atom is -0.494 e. The van der Waals surface area contributed by atoms with Crippen LogP contribution in [0, 0.1) is 10.1 Å². The van der Waals surface area contributed by atoms with E-state index in [4.69, 9.17) is 21.4 Å². The van der Waals surface area contributed by atoms with E-state index in [0.29, 0.717) is 29.4 Å². The molecule has 2 amide bonds. The van der Waals surface area contributed by atoms with Crippen LogP contribution < -0.4 is 15.0 Å². The van der Waals surface area contributed by atoms with E-state index in [1.54, 1.807) is 48.5 Å². The van der Waals surface area contributed by atoms with Gasteiger partial charge < -0.3 is 9.15 Å². The Bertz CT molecular complexity index is 1310. The summed E-state index contributed by atoms with van der Waals surface area (Å²) in [5, 5.41) is 13.5. The first kappa shape index (κ1) is 21.9. The van der Waals surface area contributed by atoms with Crippen molar-refractivity contribution in [3.05, 3.63) is 82.1 Å². The fourth-order valence-electron chi connectivity index (χ4n) is 3.27. The monoisotopic (exact) mass is 463 g/mol. The van der Waals surface area contributed by atoms with Gasteiger partial charge in [-0.2, -0.15) is 0 Å². The first-order chi connectivity index (χ1) is 15.9. The smallest absolute Gasteiger partial charge is 0.270 e. The fourth-order valence-corrected chi connectivity index (χ4v) is 3.55. The Morgan fingerprint density at radius 3 is 2.70 bits per heavy atom. The first-order valence-electron chi connectivity index (χ1n) is 9.86. The number of rotatable bonds is 6. The van der Waals surface area contributed by atoms with E-state index in [1.807, 2.05) is 6.92 Å². The number of hydrogen-bond acceptors (Lipinski definition) is 7. The molecule has 0 saturated carbocycles. The first-order valence-corrected chi connectivity index (χ1v) is 10.3. The molecule has 10 heteroatoms. The summed E-state index contributed by atoms with van der Waals surface area (Å²) in [5.41, 5.74) is 0.678. The number of amides is 2. The van der Waals surface area contributed by atoms with Crippen LogP contribution in [0.2, 0.25) is 0 Å². The highest BCUT2D eigenvalue weighted by Gasteiger charge is 2.35. The van der Waals surface area contributed by atoms with E-state index >= 15 is 0 Å². The van der Waals surface area contributed by atoms with E-state index in [2.05, 4.69) is 5.32 Å². The third kappa shape index (κ3) is 4.51. The van der Waals surface area contributed by atoms with E-state index in [1.165, 1.54) is 23.1 Å². The second kappa shape index (κ2) is 9.05. The maximum atomic E-state index is 13.2. The zero-order valence-corrected chi connectivity index (χ0v) is 18.1. The molecule has 1 fully saturated rings. The van der Waals surface area contributed by atoms with Crippen molar-refractivity contribution in [3.63, 3.8) is 0 Å². The molecule has 0 atom stereocenters. The quantitative estimate of drug-likeness (QED) is 0.193. The number of non-ortho nitro benzene ring substituents is 1. The summed E-state index contributed by atoms with van der Waals surface area (Å²) < 4.78 is 11.2. The predicted molar refractivity (Wildman–Crippen MR) is 125 cm³/mol. The van der Waals surface area contributed by atoms with E-state index in [0.717, 1.165) is 0 Å². The van der Waals surface area contributed by atoms with Gasteiger partial charge in [0.15, 0.2) is 5.11 Å². The van der Waals surface area contributed by atoms with Crippen LogP contribution in [-0.2, 0) is 9.59 Å². The summed E-state index contributed by atoms with van der Waals surface area (Å²) in [5.74, 6) is -0.140. The molecule has 4 rings (SSSR count). The van der Waals surface area contributed by atoms with Crippen LogP contribution in [0.1, 0.15) is 12.7 Å². The number of ether oxygens (including phenoxy) is 1. The number of carbonyl (C=O) groups is 2. The van der Waals surface area contributed by atoms with Gasteiger partial charge in [0.1, 0.15) is 22.8 Å². The van der Waals surface area contributed by atoms with Gasteiger partial charge in [-0.25, -0.2) is 0 Å². The number of nitro benzene ring substituents is 1. The molecule has 2 heterocycles. The Morgan fingerprint density at radius 2 is 1.94 bits per heavy atom. The standard InChI is InChI=1S/C23H17N3O6S/c1-2-31-17-8-4-6-15(12-17)25-22(28)19(21(27)24-23(25)33)13-18-9-10-20(32-18)14-5-3-7-16(11-14)26(29)30/h3-13H,2H2,1H3,(H,24,27,33)/b19-13-. The van der Waals surface area contributed by atoms with E-state index in [-0.39, 0.29) is 22.1 Å². The lowest BCUT2D eigenvalue weighted by molar-refractivity contribution is -0.384.